The maximum Gasteiger partial charge on any atom is 0.142 e. The Morgan fingerprint density at radius 1 is 0.957 bits per heavy atom. The fourth-order valence-corrected chi connectivity index (χ4v) is 8.42. The lowest BCUT2D eigenvalue weighted by molar-refractivity contribution is -0.0108. The molecule has 0 aliphatic carbocycles. The minimum absolute atomic E-state index is 0.142. The number of piperazine rings is 1. The van der Waals surface area contributed by atoms with Gasteiger partial charge in [0.25, 0.3) is 0 Å². The molecule has 3 unspecified atom stereocenters. The molecule has 46 heavy (non-hydrogen) atoms. The van der Waals surface area contributed by atoms with Gasteiger partial charge >= 0.3 is 0 Å². The van der Waals surface area contributed by atoms with Crippen LogP contribution in [0.3, 0.4) is 0 Å². The minimum atomic E-state index is -0.142. The SMILES string of the molecule is Cc1cc(C)nc(CN2C3CC2CN(c2ccc(-c4cc(OCCCN5[C@@H]6CC[C@H]5CC(O)C6)cn5ncc(C#N)c45)cn2)C3)n1. The second kappa shape index (κ2) is 11.9. The fraction of sp³-hybridized carbons (Fsp3) is 0.514. The number of pyridine rings is 2. The second-order valence-electron chi connectivity index (χ2n) is 13.6. The zero-order chi connectivity index (χ0) is 31.4. The number of aliphatic hydroxyl groups is 1. The summed E-state index contributed by atoms with van der Waals surface area (Å²) in [4.78, 5) is 21.7. The van der Waals surface area contributed by atoms with Crippen molar-refractivity contribution in [3.63, 3.8) is 0 Å². The lowest BCUT2D eigenvalue weighted by Gasteiger charge is -2.56. The second-order valence-corrected chi connectivity index (χ2v) is 13.6. The maximum absolute atomic E-state index is 10.1. The van der Waals surface area contributed by atoms with Crippen LogP contribution in [-0.4, -0.2) is 96.0 Å². The molecule has 5 atom stereocenters. The maximum atomic E-state index is 10.1. The summed E-state index contributed by atoms with van der Waals surface area (Å²) in [5.74, 6) is 2.60. The molecule has 9 heterocycles. The van der Waals surface area contributed by atoms with Gasteiger partial charge in [-0.15, -0.1) is 0 Å². The van der Waals surface area contributed by atoms with Gasteiger partial charge in [0.2, 0.25) is 0 Å². The molecule has 11 nitrogen and oxygen atoms in total. The standard InChI is InChI=1S/C35H41N9O2/c1-22-10-23(2)40-33(39-22)21-43-28-11-29(43)19-41(18-28)34-7-4-24(16-37-34)32-14-31(20-44-35(32)25(15-36)17-38-44)46-9-3-8-42-26-5-6-27(42)13-30(45)12-26/h4,7,10,14,16-17,20,26-30,45H,3,5-6,8-9,11-13,18-19,21H2,1-2H3/t26-,27+,28?,29?,30?. The summed E-state index contributed by atoms with van der Waals surface area (Å²) < 4.78 is 8.01. The van der Waals surface area contributed by atoms with Crippen molar-refractivity contribution in [2.45, 2.75) is 89.2 Å². The topological polar surface area (TPSA) is 119 Å². The van der Waals surface area contributed by atoms with E-state index in [4.69, 9.17) is 9.72 Å². The van der Waals surface area contributed by atoms with E-state index >= 15 is 0 Å². The molecular weight excluding hydrogens is 578 g/mol. The average molecular weight is 620 g/mol. The van der Waals surface area contributed by atoms with Crippen molar-refractivity contribution < 1.29 is 9.84 Å². The molecule has 0 spiro atoms. The third-order valence-corrected chi connectivity index (χ3v) is 10.5. The number of ether oxygens (including phenoxy) is 1. The Labute approximate surface area is 269 Å². The Balaban J connectivity index is 0.942. The highest BCUT2D eigenvalue weighted by atomic mass is 16.5. The van der Waals surface area contributed by atoms with E-state index in [9.17, 15) is 10.4 Å². The molecule has 4 aromatic heterocycles. The quantitative estimate of drug-likeness (QED) is 0.277. The Morgan fingerprint density at radius 3 is 2.41 bits per heavy atom. The molecule has 4 bridgehead atoms. The molecule has 9 rings (SSSR count). The first-order valence-corrected chi connectivity index (χ1v) is 16.7. The Kier molecular flexibility index (Phi) is 7.59. The van der Waals surface area contributed by atoms with Gasteiger partial charge in [-0.05, 0) is 76.6 Å². The highest BCUT2D eigenvalue weighted by Gasteiger charge is 2.45. The van der Waals surface area contributed by atoms with Crippen molar-refractivity contribution in [1.82, 2.24) is 34.4 Å². The van der Waals surface area contributed by atoms with Crippen molar-refractivity contribution in [2.24, 2.45) is 0 Å². The van der Waals surface area contributed by atoms with Gasteiger partial charge in [0.1, 0.15) is 23.5 Å². The van der Waals surface area contributed by atoms with Gasteiger partial charge in [0, 0.05) is 72.5 Å². The number of hydrogen-bond acceptors (Lipinski definition) is 10. The van der Waals surface area contributed by atoms with Crippen molar-refractivity contribution in [3.05, 3.63) is 65.6 Å². The number of piperidine rings is 2. The van der Waals surface area contributed by atoms with E-state index in [1.807, 2.05) is 38.4 Å². The Hall–Kier alpha value is -4.11. The predicted molar refractivity (Wildman–Crippen MR) is 173 cm³/mol. The van der Waals surface area contributed by atoms with Gasteiger partial charge in [-0.2, -0.15) is 10.4 Å². The van der Waals surface area contributed by atoms with Crippen LogP contribution in [0.2, 0.25) is 0 Å². The molecule has 0 amide bonds. The zero-order valence-electron chi connectivity index (χ0n) is 26.6. The first-order chi connectivity index (χ1) is 22.4. The highest BCUT2D eigenvalue weighted by Crippen LogP contribution is 2.37. The molecule has 5 aliphatic heterocycles. The van der Waals surface area contributed by atoms with E-state index in [-0.39, 0.29) is 6.10 Å². The predicted octanol–water partition coefficient (Wildman–Crippen LogP) is 3.89. The summed E-state index contributed by atoms with van der Waals surface area (Å²) in [6.45, 7) is 8.30. The molecule has 5 saturated heterocycles. The largest absolute Gasteiger partial charge is 0.492 e. The average Bonchev–Trinajstić information content (AvgIpc) is 3.58. The molecule has 0 saturated carbocycles. The smallest absolute Gasteiger partial charge is 0.142 e. The number of hydrogen-bond donors (Lipinski definition) is 1. The van der Waals surface area contributed by atoms with Crippen molar-refractivity contribution in [3.8, 4) is 22.9 Å². The van der Waals surface area contributed by atoms with E-state index in [1.54, 1.807) is 10.7 Å². The molecule has 0 aromatic carbocycles. The molecule has 5 aliphatic rings. The van der Waals surface area contributed by atoms with E-state index < -0.39 is 0 Å². The van der Waals surface area contributed by atoms with Gasteiger partial charge in [-0.1, -0.05) is 0 Å². The number of aliphatic hydroxyl groups excluding tert-OH is 1. The minimum Gasteiger partial charge on any atom is -0.492 e. The van der Waals surface area contributed by atoms with Crippen molar-refractivity contribution >= 4 is 11.3 Å². The van der Waals surface area contributed by atoms with Crippen LogP contribution in [0.5, 0.6) is 5.75 Å². The van der Waals surface area contributed by atoms with Crippen LogP contribution in [0.25, 0.3) is 16.6 Å². The first-order valence-electron chi connectivity index (χ1n) is 16.7. The van der Waals surface area contributed by atoms with E-state index in [0.717, 1.165) is 90.9 Å². The molecule has 5 fully saturated rings. The van der Waals surface area contributed by atoms with Gasteiger partial charge in [0.15, 0.2) is 0 Å². The van der Waals surface area contributed by atoms with Crippen LogP contribution in [0.15, 0.2) is 42.9 Å². The van der Waals surface area contributed by atoms with Crippen molar-refractivity contribution in [2.75, 3.05) is 31.1 Å². The van der Waals surface area contributed by atoms with E-state index in [0.29, 0.717) is 36.3 Å². The van der Waals surface area contributed by atoms with E-state index in [1.165, 1.54) is 19.3 Å². The number of fused-ring (bicyclic) bond motifs is 5. The van der Waals surface area contributed by atoms with Crippen LogP contribution in [0.1, 0.15) is 61.3 Å². The Bertz CT molecular complexity index is 1740. The van der Waals surface area contributed by atoms with Crippen LogP contribution in [0, 0.1) is 25.2 Å². The third-order valence-electron chi connectivity index (χ3n) is 10.5. The summed E-state index contributed by atoms with van der Waals surface area (Å²) in [7, 11) is 0. The summed E-state index contributed by atoms with van der Waals surface area (Å²) in [5, 5.41) is 24.4. The number of aromatic nitrogens is 5. The van der Waals surface area contributed by atoms with Crippen molar-refractivity contribution in [1.29, 1.82) is 5.26 Å². The van der Waals surface area contributed by atoms with Gasteiger partial charge in [0.05, 0.1) is 42.7 Å². The normalized spacial score (nSPS) is 25.9. The monoisotopic (exact) mass is 619 g/mol. The highest BCUT2D eigenvalue weighted by molar-refractivity contribution is 5.85. The van der Waals surface area contributed by atoms with Gasteiger partial charge in [-0.25, -0.2) is 19.5 Å². The van der Waals surface area contributed by atoms with Crippen LogP contribution < -0.4 is 9.64 Å². The number of aryl methyl sites for hydroxylation is 2. The zero-order valence-corrected chi connectivity index (χ0v) is 26.6. The Morgan fingerprint density at radius 2 is 1.72 bits per heavy atom. The lowest BCUT2D eigenvalue weighted by Crippen LogP contribution is -2.68. The first kappa shape index (κ1) is 29.3. The number of nitrogens with zero attached hydrogens (tertiary/aromatic N) is 9. The summed E-state index contributed by atoms with van der Waals surface area (Å²) >= 11 is 0. The number of rotatable bonds is 9. The molecule has 238 valence electrons. The summed E-state index contributed by atoms with van der Waals surface area (Å²) in [6.07, 6.45) is 11.5. The lowest BCUT2D eigenvalue weighted by atomic mass is 9.87. The molecule has 1 N–H and O–H groups in total. The third kappa shape index (κ3) is 5.48. The number of anilines is 1. The molecular formula is C35H41N9O2. The van der Waals surface area contributed by atoms with Gasteiger partial charge < -0.3 is 14.7 Å². The van der Waals surface area contributed by atoms with E-state index in [2.05, 4.69) is 48.0 Å². The van der Waals surface area contributed by atoms with Crippen LogP contribution >= 0.6 is 0 Å². The fourth-order valence-electron chi connectivity index (χ4n) is 8.42. The van der Waals surface area contributed by atoms with Gasteiger partial charge in [-0.3, -0.25) is 9.80 Å². The molecule has 0 radical (unpaired) electrons. The van der Waals surface area contributed by atoms with Crippen LogP contribution in [-0.2, 0) is 6.54 Å². The van der Waals surface area contributed by atoms with Crippen LogP contribution in [0.4, 0.5) is 5.82 Å². The number of nitriles is 1. The molecule has 4 aromatic rings. The summed E-state index contributed by atoms with van der Waals surface area (Å²) in [5.41, 5.74) is 5.14. The summed E-state index contributed by atoms with van der Waals surface area (Å²) in [6, 6.07) is 12.5. The molecule has 11 heteroatoms.